The molecule has 1 saturated carbocycles. The van der Waals surface area contributed by atoms with E-state index in [1.807, 2.05) is 0 Å². The molecule has 196 valence electrons. The van der Waals surface area contributed by atoms with Gasteiger partial charge in [-0.15, -0.1) is 11.3 Å². The summed E-state index contributed by atoms with van der Waals surface area (Å²) in [6.45, 7) is 4.87. The number of pyridine rings is 1. The lowest BCUT2D eigenvalue weighted by atomic mass is 9.90. The highest BCUT2D eigenvalue weighted by atomic mass is 32.1. The zero-order chi connectivity index (χ0) is 25.5. The maximum absolute atomic E-state index is 13.6. The second kappa shape index (κ2) is 12.8. The molecule has 0 aromatic carbocycles. The molecule has 2 atom stereocenters. The monoisotopic (exact) mass is 513 g/mol. The number of nitrogens with one attached hydrogen (secondary N) is 1. The van der Waals surface area contributed by atoms with E-state index in [9.17, 15) is 9.59 Å². The lowest BCUT2D eigenvalue weighted by molar-refractivity contribution is -0.128. The number of methoxy groups -OCH3 is 1. The van der Waals surface area contributed by atoms with E-state index in [1.165, 1.54) is 9.75 Å². The summed E-state index contributed by atoms with van der Waals surface area (Å²) < 4.78 is 5.41. The Morgan fingerprint density at radius 1 is 1.22 bits per heavy atom. The fourth-order valence-electron chi connectivity index (χ4n) is 5.36. The predicted octanol–water partition coefficient (Wildman–Crippen LogP) is 2.96. The number of carbonyl (C=O) groups is 2. The number of nitrogens with zero attached hydrogens (tertiary/aromatic N) is 3. The standard InChI is InChI=1S/C27H39N5O3S/c1-19-5-10-24(36-19)18-31(14-15-35-2)23-11-13-32(27(34)20-4-3-12-29-17-20)25(16-23)26(33)30-22-8-6-21(28)7-9-22/h3-5,10,12,17,21-23,25H,6-9,11,13-16,18,28H2,1-2H3,(H,30,33)/t21?,22?,23?,25-/m1/s1. The molecule has 2 aliphatic rings. The third kappa shape index (κ3) is 6.91. The number of carbonyl (C=O) groups excluding carboxylic acids is 2. The Hall–Kier alpha value is -2.33. The number of aryl methyl sites for hydroxylation is 1. The zero-order valence-corrected chi connectivity index (χ0v) is 22.2. The number of aromatic nitrogens is 1. The molecule has 36 heavy (non-hydrogen) atoms. The van der Waals surface area contributed by atoms with E-state index in [2.05, 4.69) is 34.3 Å². The molecule has 9 heteroatoms. The lowest BCUT2D eigenvalue weighted by Crippen LogP contribution is -2.58. The number of hydrogen-bond donors (Lipinski definition) is 2. The van der Waals surface area contributed by atoms with Crippen molar-refractivity contribution < 1.29 is 14.3 Å². The van der Waals surface area contributed by atoms with Gasteiger partial charge in [0.1, 0.15) is 6.04 Å². The van der Waals surface area contributed by atoms with Gasteiger partial charge in [0.2, 0.25) is 5.91 Å². The minimum absolute atomic E-state index is 0.0592. The molecule has 1 aliphatic carbocycles. The molecule has 2 aromatic rings. The highest BCUT2D eigenvalue weighted by molar-refractivity contribution is 7.11. The van der Waals surface area contributed by atoms with Crippen molar-refractivity contribution in [1.82, 2.24) is 20.1 Å². The Labute approximate surface area is 218 Å². The van der Waals surface area contributed by atoms with E-state index in [0.29, 0.717) is 25.1 Å². The van der Waals surface area contributed by atoms with Crippen molar-refractivity contribution in [3.63, 3.8) is 0 Å². The molecule has 0 spiro atoms. The van der Waals surface area contributed by atoms with Gasteiger partial charge < -0.3 is 20.7 Å². The second-order valence-electron chi connectivity index (χ2n) is 10.0. The van der Waals surface area contributed by atoms with Crippen LogP contribution in [0.2, 0.25) is 0 Å². The maximum atomic E-state index is 13.6. The van der Waals surface area contributed by atoms with Crippen molar-refractivity contribution in [3.8, 4) is 0 Å². The Morgan fingerprint density at radius 2 is 2.03 bits per heavy atom. The van der Waals surface area contributed by atoms with Crippen LogP contribution in [-0.2, 0) is 16.1 Å². The third-order valence-corrected chi connectivity index (χ3v) is 8.40. The molecular formula is C27H39N5O3S. The normalized spacial score (nSPS) is 24.6. The van der Waals surface area contributed by atoms with Crippen LogP contribution in [-0.4, -0.2) is 77.6 Å². The molecule has 1 aliphatic heterocycles. The van der Waals surface area contributed by atoms with Gasteiger partial charge in [0.15, 0.2) is 0 Å². The number of rotatable bonds is 9. The van der Waals surface area contributed by atoms with Gasteiger partial charge in [0.05, 0.1) is 12.2 Å². The van der Waals surface area contributed by atoms with Crippen molar-refractivity contribution in [3.05, 3.63) is 52.0 Å². The molecule has 2 fully saturated rings. The van der Waals surface area contributed by atoms with Crippen molar-refractivity contribution in [1.29, 1.82) is 0 Å². The largest absolute Gasteiger partial charge is 0.383 e. The maximum Gasteiger partial charge on any atom is 0.256 e. The highest BCUT2D eigenvalue weighted by Gasteiger charge is 2.39. The minimum Gasteiger partial charge on any atom is -0.383 e. The number of amides is 2. The summed E-state index contributed by atoms with van der Waals surface area (Å²) in [6, 6.07) is 7.84. The molecule has 8 nitrogen and oxygen atoms in total. The van der Waals surface area contributed by atoms with Crippen molar-refractivity contribution in [2.24, 2.45) is 5.73 Å². The van der Waals surface area contributed by atoms with Crippen LogP contribution in [0.25, 0.3) is 0 Å². The topological polar surface area (TPSA) is 101 Å². The average Bonchev–Trinajstić information content (AvgIpc) is 3.32. The molecule has 2 aromatic heterocycles. The summed E-state index contributed by atoms with van der Waals surface area (Å²) >= 11 is 1.80. The van der Waals surface area contributed by atoms with Crippen LogP contribution in [0.3, 0.4) is 0 Å². The molecule has 3 heterocycles. The second-order valence-corrected chi connectivity index (χ2v) is 11.4. The fraction of sp³-hybridized carbons (Fsp3) is 0.593. The number of hydrogen-bond acceptors (Lipinski definition) is 7. The Bertz CT molecular complexity index is 992. The van der Waals surface area contributed by atoms with E-state index in [1.54, 1.807) is 47.9 Å². The van der Waals surface area contributed by atoms with Gasteiger partial charge in [0.25, 0.3) is 5.91 Å². The predicted molar refractivity (Wildman–Crippen MR) is 142 cm³/mol. The molecule has 2 amide bonds. The number of likely N-dealkylation sites (tertiary alicyclic amines) is 1. The number of thiophene rings is 1. The van der Waals surface area contributed by atoms with Gasteiger partial charge in [-0.1, -0.05) is 0 Å². The van der Waals surface area contributed by atoms with E-state index in [-0.39, 0.29) is 29.9 Å². The van der Waals surface area contributed by atoms with Crippen LogP contribution in [0.4, 0.5) is 0 Å². The first-order valence-electron chi connectivity index (χ1n) is 13.0. The summed E-state index contributed by atoms with van der Waals surface area (Å²) in [5.41, 5.74) is 6.58. The van der Waals surface area contributed by atoms with Crippen LogP contribution < -0.4 is 11.1 Å². The van der Waals surface area contributed by atoms with E-state index in [4.69, 9.17) is 10.5 Å². The van der Waals surface area contributed by atoms with Gasteiger partial charge >= 0.3 is 0 Å². The lowest BCUT2D eigenvalue weighted by Gasteiger charge is -2.43. The number of nitrogens with two attached hydrogens (primary N) is 1. The summed E-state index contributed by atoms with van der Waals surface area (Å²) in [5, 5.41) is 3.26. The van der Waals surface area contributed by atoms with Crippen molar-refractivity contribution in [2.45, 2.75) is 76.2 Å². The summed E-state index contributed by atoms with van der Waals surface area (Å²) in [4.78, 5) is 38.0. The molecule has 1 unspecified atom stereocenters. The molecule has 3 N–H and O–H groups in total. The van der Waals surface area contributed by atoms with Gasteiger partial charge in [-0.2, -0.15) is 0 Å². The first-order chi connectivity index (χ1) is 17.4. The molecule has 4 rings (SSSR count). The fourth-order valence-corrected chi connectivity index (χ4v) is 6.27. The number of piperidine rings is 1. The SMILES string of the molecule is COCCN(Cc1ccc(C)s1)C1CCN(C(=O)c2cccnc2)[C@@H](C(=O)NC2CCC(N)CC2)C1. The van der Waals surface area contributed by atoms with Crippen LogP contribution in [0.1, 0.15) is 58.6 Å². The quantitative estimate of drug-likeness (QED) is 0.535. The van der Waals surface area contributed by atoms with Crippen LogP contribution in [0.15, 0.2) is 36.7 Å². The van der Waals surface area contributed by atoms with Crippen molar-refractivity contribution >= 4 is 23.2 Å². The smallest absolute Gasteiger partial charge is 0.256 e. The first-order valence-corrected chi connectivity index (χ1v) is 13.8. The molecule has 1 saturated heterocycles. The first kappa shape index (κ1) is 26.7. The Morgan fingerprint density at radius 3 is 2.69 bits per heavy atom. The molecule has 0 radical (unpaired) electrons. The van der Waals surface area contributed by atoms with Crippen LogP contribution in [0, 0.1) is 6.92 Å². The highest BCUT2D eigenvalue weighted by Crippen LogP contribution is 2.28. The molecular weight excluding hydrogens is 474 g/mol. The molecule has 0 bridgehead atoms. The summed E-state index contributed by atoms with van der Waals surface area (Å²) in [7, 11) is 1.72. The van der Waals surface area contributed by atoms with E-state index < -0.39 is 6.04 Å². The minimum atomic E-state index is -0.526. The van der Waals surface area contributed by atoms with Crippen molar-refractivity contribution in [2.75, 3.05) is 26.8 Å². The summed E-state index contributed by atoms with van der Waals surface area (Å²) in [6.07, 6.45) is 8.24. The van der Waals surface area contributed by atoms with Crippen LogP contribution >= 0.6 is 11.3 Å². The van der Waals surface area contributed by atoms with E-state index in [0.717, 1.165) is 45.2 Å². The average molecular weight is 514 g/mol. The van der Waals surface area contributed by atoms with Crippen LogP contribution in [0.5, 0.6) is 0 Å². The Kier molecular flexibility index (Phi) is 9.47. The third-order valence-electron chi connectivity index (χ3n) is 7.42. The zero-order valence-electron chi connectivity index (χ0n) is 21.4. The van der Waals surface area contributed by atoms with Gasteiger partial charge in [0, 0.05) is 67.0 Å². The van der Waals surface area contributed by atoms with E-state index >= 15 is 0 Å². The van der Waals surface area contributed by atoms with Gasteiger partial charge in [-0.3, -0.25) is 19.5 Å². The Balaban J connectivity index is 1.52. The summed E-state index contributed by atoms with van der Waals surface area (Å²) in [5.74, 6) is -0.194. The van der Waals surface area contributed by atoms with Gasteiger partial charge in [-0.05, 0) is 69.7 Å². The number of ether oxygens (including phenoxy) is 1. The van der Waals surface area contributed by atoms with Gasteiger partial charge in [-0.25, -0.2) is 0 Å².